The molecule has 7 aliphatic carbocycles. The number of carbonyl (C=O) groups excluding carboxylic acids is 2. The van der Waals surface area contributed by atoms with Gasteiger partial charge in [0.2, 0.25) is 5.91 Å². The lowest BCUT2D eigenvalue weighted by Gasteiger charge is -2.55. The molecular formula is C33H51NO3. The minimum atomic E-state index is -0.195. The van der Waals surface area contributed by atoms with Crippen LogP contribution in [0.5, 0.6) is 0 Å². The largest absolute Gasteiger partial charge is 0.469 e. The van der Waals surface area contributed by atoms with Gasteiger partial charge in [-0.15, -0.1) is 0 Å². The fourth-order valence-electron chi connectivity index (χ4n) is 12.7. The molecule has 7 saturated carbocycles. The van der Waals surface area contributed by atoms with E-state index in [2.05, 4.69) is 11.8 Å². The SMILES string of the molecule is CCN(C(=O)C1CC2CC3CC(C45CC6CCCC(C(=O)OC)(C4)C(C6)C5)(C2)CC3C1)C1CCCCC1. The summed E-state index contributed by atoms with van der Waals surface area (Å²) < 4.78 is 5.54. The van der Waals surface area contributed by atoms with Crippen molar-refractivity contribution in [2.75, 3.05) is 13.7 Å². The maximum Gasteiger partial charge on any atom is 0.312 e. The number of hydrogen-bond donors (Lipinski definition) is 0. The van der Waals surface area contributed by atoms with Gasteiger partial charge in [0.1, 0.15) is 0 Å². The van der Waals surface area contributed by atoms with Crippen LogP contribution < -0.4 is 0 Å². The van der Waals surface area contributed by atoms with Gasteiger partial charge >= 0.3 is 5.97 Å². The molecule has 7 aliphatic rings. The third-order valence-corrected chi connectivity index (χ3v) is 13.8. The van der Waals surface area contributed by atoms with Crippen LogP contribution in [0.1, 0.15) is 122 Å². The van der Waals surface area contributed by atoms with Gasteiger partial charge in [0, 0.05) is 18.5 Å². The van der Waals surface area contributed by atoms with E-state index in [1.807, 2.05) is 0 Å². The fourth-order valence-corrected chi connectivity index (χ4v) is 12.7. The number of esters is 1. The predicted molar refractivity (Wildman–Crippen MR) is 145 cm³/mol. The van der Waals surface area contributed by atoms with E-state index in [9.17, 15) is 9.59 Å². The fraction of sp³-hybridized carbons (Fsp3) is 0.939. The Bertz CT molecular complexity index is 923. The van der Waals surface area contributed by atoms with E-state index < -0.39 is 0 Å². The molecule has 0 aromatic carbocycles. The zero-order valence-corrected chi connectivity index (χ0v) is 23.6. The molecule has 0 radical (unpaired) electrons. The number of amides is 1. The molecule has 6 bridgehead atoms. The highest BCUT2D eigenvalue weighted by atomic mass is 16.5. The van der Waals surface area contributed by atoms with Crippen LogP contribution in [0.15, 0.2) is 0 Å². The van der Waals surface area contributed by atoms with Gasteiger partial charge in [-0.3, -0.25) is 9.59 Å². The monoisotopic (exact) mass is 509 g/mol. The topological polar surface area (TPSA) is 46.6 Å². The number of rotatable bonds is 5. The minimum absolute atomic E-state index is 0.122. The summed E-state index contributed by atoms with van der Waals surface area (Å²) >= 11 is 0. The number of nitrogens with zero attached hydrogens (tertiary/aromatic N) is 1. The van der Waals surface area contributed by atoms with Gasteiger partial charge in [0.25, 0.3) is 0 Å². The molecule has 37 heavy (non-hydrogen) atoms. The van der Waals surface area contributed by atoms with E-state index in [-0.39, 0.29) is 17.3 Å². The zero-order valence-electron chi connectivity index (χ0n) is 23.6. The Hall–Kier alpha value is -1.06. The molecule has 0 aromatic rings. The zero-order chi connectivity index (χ0) is 25.4. The molecule has 0 N–H and O–H groups in total. The Labute approximate surface area is 225 Å². The summed E-state index contributed by atoms with van der Waals surface area (Å²) in [6, 6.07) is 0.500. The molecule has 0 heterocycles. The summed E-state index contributed by atoms with van der Waals surface area (Å²) in [5.41, 5.74) is 0.589. The summed E-state index contributed by atoms with van der Waals surface area (Å²) in [6.07, 6.45) is 22.8. The van der Waals surface area contributed by atoms with Gasteiger partial charge in [-0.05, 0) is 131 Å². The molecule has 0 spiro atoms. The number of hydrogen-bond acceptors (Lipinski definition) is 3. The summed E-state index contributed by atoms with van der Waals surface area (Å²) in [7, 11) is 1.63. The Kier molecular flexibility index (Phi) is 6.06. The van der Waals surface area contributed by atoms with Crippen molar-refractivity contribution in [3.8, 4) is 0 Å². The first-order valence-electron chi connectivity index (χ1n) is 16.3. The highest BCUT2D eigenvalue weighted by molar-refractivity contribution is 5.79. The van der Waals surface area contributed by atoms with Crippen LogP contribution in [0.2, 0.25) is 0 Å². The van der Waals surface area contributed by atoms with Gasteiger partial charge in [-0.2, -0.15) is 0 Å². The van der Waals surface area contributed by atoms with Gasteiger partial charge < -0.3 is 9.64 Å². The van der Waals surface area contributed by atoms with E-state index in [1.54, 1.807) is 7.11 Å². The summed E-state index contributed by atoms with van der Waals surface area (Å²) in [6.45, 7) is 3.10. The Balaban J connectivity index is 1.15. The average Bonchev–Trinajstić information content (AvgIpc) is 3.19. The van der Waals surface area contributed by atoms with E-state index in [4.69, 9.17) is 4.74 Å². The van der Waals surface area contributed by atoms with Crippen LogP contribution in [0.25, 0.3) is 0 Å². The lowest BCUT2D eigenvalue weighted by Crippen LogP contribution is -2.47. The molecule has 9 atom stereocenters. The van der Waals surface area contributed by atoms with E-state index in [0.717, 1.165) is 55.9 Å². The van der Waals surface area contributed by atoms with Crippen LogP contribution >= 0.6 is 0 Å². The first-order chi connectivity index (χ1) is 17.9. The lowest BCUT2D eigenvalue weighted by molar-refractivity contribution is -0.156. The van der Waals surface area contributed by atoms with Gasteiger partial charge in [-0.25, -0.2) is 0 Å². The van der Waals surface area contributed by atoms with Gasteiger partial charge in [0.05, 0.1) is 12.5 Å². The number of methoxy groups -OCH3 is 1. The summed E-state index contributed by atoms with van der Waals surface area (Å²) in [5.74, 6) is 4.55. The molecule has 4 nitrogen and oxygen atoms in total. The normalized spacial score (nSPS) is 48.5. The first kappa shape index (κ1) is 24.9. The number of ether oxygens (including phenoxy) is 1. The molecular weight excluding hydrogens is 458 g/mol. The molecule has 0 saturated heterocycles. The van der Waals surface area contributed by atoms with Gasteiger partial charge in [0.15, 0.2) is 0 Å². The predicted octanol–water partition coefficient (Wildman–Crippen LogP) is 7.15. The maximum absolute atomic E-state index is 14.0. The first-order valence-corrected chi connectivity index (χ1v) is 16.3. The number of fused-ring (bicyclic) bond motifs is 5. The standard InChI is InChI=1S/C33H51NO3/c1-3-34(28-9-5-4-6-10-28)29(35)24-12-23-13-25-18-31(17-23,19-26(25)15-24)32-16-22-8-7-11-33(21-32,30(36)37-2)27(14-22)20-32/h22-28H,3-21H2,1-2H3. The average molecular weight is 510 g/mol. The van der Waals surface area contributed by atoms with Crippen LogP contribution in [-0.2, 0) is 14.3 Å². The van der Waals surface area contributed by atoms with Crippen molar-refractivity contribution in [3.05, 3.63) is 0 Å². The molecule has 7 rings (SSSR count). The number of carbonyl (C=O) groups is 2. The van der Waals surface area contributed by atoms with Crippen molar-refractivity contribution in [1.82, 2.24) is 4.90 Å². The lowest BCUT2D eigenvalue weighted by atomic mass is 9.50. The highest BCUT2D eigenvalue weighted by Crippen LogP contribution is 2.78. The molecule has 1 amide bonds. The highest BCUT2D eigenvalue weighted by Gasteiger charge is 2.71. The smallest absolute Gasteiger partial charge is 0.312 e. The molecule has 9 unspecified atom stereocenters. The molecule has 206 valence electrons. The molecule has 0 aliphatic heterocycles. The van der Waals surface area contributed by atoms with Crippen molar-refractivity contribution >= 4 is 11.9 Å². The molecule has 0 aromatic heterocycles. The minimum Gasteiger partial charge on any atom is -0.469 e. The van der Waals surface area contributed by atoms with Crippen molar-refractivity contribution in [3.63, 3.8) is 0 Å². The Morgan fingerprint density at radius 3 is 2.32 bits per heavy atom. The maximum atomic E-state index is 14.0. The molecule has 7 fully saturated rings. The van der Waals surface area contributed by atoms with Crippen molar-refractivity contribution < 1.29 is 14.3 Å². The third-order valence-electron chi connectivity index (χ3n) is 13.8. The Morgan fingerprint density at radius 1 is 0.811 bits per heavy atom. The quantitative estimate of drug-likeness (QED) is 0.370. The van der Waals surface area contributed by atoms with Crippen LogP contribution in [-0.4, -0.2) is 36.5 Å². The van der Waals surface area contributed by atoms with E-state index in [0.29, 0.717) is 28.7 Å². The van der Waals surface area contributed by atoms with Crippen LogP contribution in [0.3, 0.4) is 0 Å². The third kappa shape index (κ3) is 3.65. The molecule has 4 heteroatoms. The van der Waals surface area contributed by atoms with Crippen molar-refractivity contribution in [2.45, 2.75) is 129 Å². The van der Waals surface area contributed by atoms with Crippen molar-refractivity contribution in [2.24, 2.45) is 51.8 Å². The van der Waals surface area contributed by atoms with Gasteiger partial charge in [-0.1, -0.05) is 32.1 Å². The second kappa shape index (κ2) is 8.98. The second-order valence-corrected chi connectivity index (χ2v) is 15.3. The second-order valence-electron chi connectivity index (χ2n) is 15.3. The van der Waals surface area contributed by atoms with Crippen LogP contribution in [0, 0.1) is 51.8 Å². The van der Waals surface area contributed by atoms with Crippen LogP contribution in [0.4, 0.5) is 0 Å². The van der Waals surface area contributed by atoms with E-state index >= 15 is 0 Å². The summed E-state index contributed by atoms with van der Waals surface area (Å²) in [5, 5.41) is 0. The summed E-state index contributed by atoms with van der Waals surface area (Å²) in [4.78, 5) is 29.7. The van der Waals surface area contributed by atoms with E-state index in [1.165, 1.54) is 89.9 Å². The van der Waals surface area contributed by atoms with Crippen molar-refractivity contribution in [1.29, 1.82) is 0 Å². The Morgan fingerprint density at radius 2 is 1.57 bits per heavy atom.